The van der Waals surface area contributed by atoms with Crippen molar-refractivity contribution < 1.29 is 9.53 Å². The van der Waals surface area contributed by atoms with Gasteiger partial charge in [-0.05, 0) is 25.0 Å². The summed E-state index contributed by atoms with van der Waals surface area (Å²) in [7, 11) is 0. The number of carbonyl (C=O) groups excluding carboxylic acids is 1. The Labute approximate surface area is 117 Å². The normalized spacial score (nSPS) is 18.1. The quantitative estimate of drug-likeness (QED) is 0.922. The average molecular weight is 271 g/mol. The Hall–Kier alpha value is -2.14. The molecule has 1 N–H and O–H groups in total. The van der Waals surface area contributed by atoms with Crippen LogP contribution in [-0.2, 0) is 4.74 Å². The summed E-state index contributed by atoms with van der Waals surface area (Å²) in [5.74, 6) is -0.123. The van der Waals surface area contributed by atoms with Gasteiger partial charge in [-0.25, -0.2) is 4.98 Å². The van der Waals surface area contributed by atoms with Crippen molar-refractivity contribution in [3.8, 4) is 5.69 Å². The number of carbonyl (C=O) groups is 1. The van der Waals surface area contributed by atoms with Crippen LogP contribution in [0.25, 0.3) is 5.69 Å². The van der Waals surface area contributed by atoms with E-state index in [0.717, 1.165) is 25.1 Å². The number of para-hydroxylation sites is 1. The molecule has 5 nitrogen and oxygen atoms in total. The number of hydrogen-bond acceptors (Lipinski definition) is 3. The maximum Gasteiger partial charge on any atom is 0.270 e. The first-order valence-electron chi connectivity index (χ1n) is 6.82. The first-order chi connectivity index (χ1) is 9.84. The second-order valence-electron chi connectivity index (χ2n) is 4.83. The Balaban J connectivity index is 1.70. The Kier molecular flexibility index (Phi) is 3.78. The minimum absolute atomic E-state index is 0.123. The molecular formula is C15H17N3O2. The first-order valence-corrected chi connectivity index (χ1v) is 6.82. The van der Waals surface area contributed by atoms with Crippen LogP contribution in [0.5, 0.6) is 0 Å². The topological polar surface area (TPSA) is 56.1 Å². The second-order valence-corrected chi connectivity index (χ2v) is 4.83. The molecular weight excluding hydrogens is 254 g/mol. The fourth-order valence-corrected chi connectivity index (χ4v) is 2.36. The van der Waals surface area contributed by atoms with Crippen molar-refractivity contribution in [2.45, 2.75) is 18.9 Å². The van der Waals surface area contributed by atoms with E-state index in [0.29, 0.717) is 12.2 Å². The largest absolute Gasteiger partial charge is 0.376 e. The van der Waals surface area contributed by atoms with Crippen molar-refractivity contribution in [2.75, 3.05) is 13.2 Å². The highest BCUT2D eigenvalue weighted by molar-refractivity contribution is 5.93. The average Bonchev–Trinajstić information content (AvgIpc) is 3.17. The molecule has 1 aromatic heterocycles. The maximum absolute atomic E-state index is 12.2. The van der Waals surface area contributed by atoms with Crippen molar-refractivity contribution in [2.24, 2.45) is 0 Å². The van der Waals surface area contributed by atoms with Gasteiger partial charge in [-0.1, -0.05) is 18.2 Å². The molecule has 1 atom stereocenters. The third-order valence-corrected chi connectivity index (χ3v) is 3.42. The van der Waals surface area contributed by atoms with Gasteiger partial charge in [0, 0.05) is 18.8 Å². The highest BCUT2D eigenvalue weighted by Crippen LogP contribution is 2.12. The number of nitrogens with one attached hydrogen (secondary N) is 1. The zero-order chi connectivity index (χ0) is 13.8. The lowest BCUT2D eigenvalue weighted by molar-refractivity contribution is 0.0852. The van der Waals surface area contributed by atoms with E-state index < -0.39 is 0 Å². The van der Waals surface area contributed by atoms with Crippen molar-refractivity contribution in [1.29, 1.82) is 0 Å². The summed E-state index contributed by atoms with van der Waals surface area (Å²) in [6.07, 6.45) is 5.46. The molecule has 2 heterocycles. The molecule has 1 unspecified atom stereocenters. The van der Waals surface area contributed by atoms with Crippen LogP contribution in [0.3, 0.4) is 0 Å². The van der Waals surface area contributed by atoms with Gasteiger partial charge in [0.25, 0.3) is 5.91 Å². The van der Waals surface area contributed by atoms with Gasteiger partial charge < -0.3 is 10.1 Å². The molecule has 2 aromatic rings. The summed E-state index contributed by atoms with van der Waals surface area (Å²) in [5, 5.41) is 2.91. The summed E-state index contributed by atoms with van der Waals surface area (Å²) in [6.45, 7) is 1.35. The minimum Gasteiger partial charge on any atom is -0.376 e. The molecule has 1 aliphatic rings. The Morgan fingerprint density at radius 3 is 3.00 bits per heavy atom. The number of ether oxygens (including phenoxy) is 1. The highest BCUT2D eigenvalue weighted by Gasteiger charge is 2.18. The second kappa shape index (κ2) is 5.88. The summed E-state index contributed by atoms with van der Waals surface area (Å²) >= 11 is 0. The summed E-state index contributed by atoms with van der Waals surface area (Å²) < 4.78 is 7.28. The highest BCUT2D eigenvalue weighted by atomic mass is 16.5. The molecule has 1 aromatic carbocycles. The molecule has 1 amide bonds. The van der Waals surface area contributed by atoms with Crippen molar-refractivity contribution >= 4 is 5.91 Å². The smallest absolute Gasteiger partial charge is 0.270 e. The lowest BCUT2D eigenvalue weighted by Gasteiger charge is -2.12. The Morgan fingerprint density at radius 1 is 1.40 bits per heavy atom. The van der Waals surface area contributed by atoms with Crippen LogP contribution in [-0.4, -0.2) is 34.7 Å². The van der Waals surface area contributed by atoms with Crippen molar-refractivity contribution in [1.82, 2.24) is 14.9 Å². The fourth-order valence-electron chi connectivity index (χ4n) is 2.36. The predicted octanol–water partition coefficient (Wildman–Crippen LogP) is 1.78. The number of nitrogens with zero attached hydrogens (tertiary/aromatic N) is 2. The van der Waals surface area contributed by atoms with E-state index in [1.54, 1.807) is 17.1 Å². The zero-order valence-corrected chi connectivity index (χ0v) is 11.2. The maximum atomic E-state index is 12.2. The molecule has 1 saturated heterocycles. The third-order valence-electron chi connectivity index (χ3n) is 3.42. The van der Waals surface area contributed by atoms with Gasteiger partial charge in [-0.3, -0.25) is 9.36 Å². The number of amides is 1. The molecule has 1 fully saturated rings. The first kappa shape index (κ1) is 12.9. The number of imidazole rings is 1. The van der Waals surface area contributed by atoms with E-state index in [1.165, 1.54) is 0 Å². The van der Waals surface area contributed by atoms with Crippen molar-refractivity contribution in [3.05, 3.63) is 48.5 Å². The SMILES string of the molecule is O=C(NCC1CCCO1)c1cncn1-c1ccccc1. The molecule has 5 heteroatoms. The van der Waals surface area contributed by atoms with Gasteiger partial charge in [-0.2, -0.15) is 0 Å². The van der Waals surface area contributed by atoms with Crippen LogP contribution in [0.15, 0.2) is 42.9 Å². The minimum atomic E-state index is -0.123. The summed E-state index contributed by atoms with van der Waals surface area (Å²) in [5.41, 5.74) is 1.46. The van der Waals surface area contributed by atoms with Crippen LogP contribution < -0.4 is 5.32 Å². The predicted molar refractivity (Wildman–Crippen MR) is 74.9 cm³/mol. The number of hydrogen-bond donors (Lipinski definition) is 1. The van der Waals surface area contributed by atoms with Crippen LogP contribution in [0.4, 0.5) is 0 Å². The monoisotopic (exact) mass is 271 g/mol. The molecule has 0 saturated carbocycles. The molecule has 20 heavy (non-hydrogen) atoms. The molecule has 0 aliphatic carbocycles. The third kappa shape index (κ3) is 2.72. The Morgan fingerprint density at radius 2 is 2.25 bits per heavy atom. The zero-order valence-electron chi connectivity index (χ0n) is 11.2. The van der Waals surface area contributed by atoms with Gasteiger partial charge in [-0.15, -0.1) is 0 Å². The van der Waals surface area contributed by atoms with Crippen molar-refractivity contribution in [3.63, 3.8) is 0 Å². The van der Waals surface area contributed by atoms with E-state index in [9.17, 15) is 4.79 Å². The fraction of sp³-hybridized carbons (Fsp3) is 0.333. The van der Waals surface area contributed by atoms with Crippen LogP contribution >= 0.6 is 0 Å². The van der Waals surface area contributed by atoms with Crippen LogP contribution in [0.2, 0.25) is 0 Å². The van der Waals surface area contributed by atoms with Gasteiger partial charge in [0.15, 0.2) is 0 Å². The van der Waals surface area contributed by atoms with Gasteiger partial charge in [0.05, 0.1) is 18.6 Å². The molecule has 3 rings (SSSR count). The molecule has 1 aliphatic heterocycles. The molecule has 104 valence electrons. The number of benzene rings is 1. The van der Waals surface area contributed by atoms with E-state index in [-0.39, 0.29) is 12.0 Å². The number of rotatable bonds is 4. The van der Waals surface area contributed by atoms with E-state index in [1.807, 2.05) is 30.3 Å². The summed E-state index contributed by atoms with van der Waals surface area (Å²) in [6, 6.07) is 9.70. The standard InChI is InChI=1S/C15H17N3O2/c19-15(17-9-13-7-4-8-20-13)14-10-16-11-18(14)12-5-2-1-3-6-12/h1-3,5-6,10-11,13H,4,7-9H2,(H,17,19). The van der Waals surface area contributed by atoms with Gasteiger partial charge in [0.1, 0.15) is 5.69 Å². The number of aromatic nitrogens is 2. The van der Waals surface area contributed by atoms with E-state index in [2.05, 4.69) is 10.3 Å². The van der Waals surface area contributed by atoms with Crippen LogP contribution in [0.1, 0.15) is 23.3 Å². The van der Waals surface area contributed by atoms with Crippen LogP contribution in [0, 0.1) is 0 Å². The Bertz CT molecular complexity index is 574. The van der Waals surface area contributed by atoms with Gasteiger partial charge >= 0.3 is 0 Å². The van der Waals surface area contributed by atoms with Gasteiger partial charge in [0.2, 0.25) is 0 Å². The van der Waals surface area contributed by atoms with E-state index >= 15 is 0 Å². The molecule has 0 bridgehead atoms. The molecule has 0 spiro atoms. The lowest BCUT2D eigenvalue weighted by atomic mass is 10.2. The summed E-state index contributed by atoms with van der Waals surface area (Å²) in [4.78, 5) is 16.3. The molecule has 0 radical (unpaired) electrons. The van der Waals surface area contributed by atoms with E-state index in [4.69, 9.17) is 4.74 Å². The lowest BCUT2D eigenvalue weighted by Crippen LogP contribution is -2.32.